The minimum absolute atomic E-state index is 0.413. The SMILES string of the molecule is C[C@@H]1CCC[C@H](N2CCN(S(=O)(=O)c3ccc4ccccc4c3)CC2)C1. The Balaban J connectivity index is 1.47. The van der Waals surface area contributed by atoms with Crippen molar-refractivity contribution < 1.29 is 8.42 Å². The van der Waals surface area contributed by atoms with Crippen molar-refractivity contribution in [2.45, 2.75) is 43.5 Å². The normalized spacial score (nSPS) is 26.2. The predicted molar refractivity (Wildman–Crippen MR) is 106 cm³/mol. The fourth-order valence-corrected chi connectivity index (χ4v) is 5.98. The van der Waals surface area contributed by atoms with Crippen LogP contribution < -0.4 is 0 Å². The summed E-state index contributed by atoms with van der Waals surface area (Å²) in [6.45, 7) is 5.24. The van der Waals surface area contributed by atoms with Gasteiger partial charge in [-0.3, -0.25) is 4.90 Å². The summed E-state index contributed by atoms with van der Waals surface area (Å²) < 4.78 is 27.8. The van der Waals surface area contributed by atoms with E-state index in [9.17, 15) is 8.42 Å². The molecule has 5 heteroatoms. The number of hydrogen-bond acceptors (Lipinski definition) is 3. The van der Waals surface area contributed by atoms with Gasteiger partial charge in [-0.2, -0.15) is 4.31 Å². The Hall–Kier alpha value is -1.43. The summed E-state index contributed by atoms with van der Waals surface area (Å²) in [4.78, 5) is 2.93. The minimum Gasteiger partial charge on any atom is -0.298 e. The van der Waals surface area contributed by atoms with E-state index in [1.54, 1.807) is 16.4 Å². The van der Waals surface area contributed by atoms with E-state index in [2.05, 4.69) is 11.8 Å². The van der Waals surface area contributed by atoms with Gasteiger partial charge >= 0.3 is 0 Å². The van der Waals surface area contributed by atoms with Crippen molar-refractivity contribution in [2.24, 2.45) is 5.92 Å². The maximum absolute atomic E-state index is 13.1. The van der Waals surface area contributed by atoms with E-state index in [1.165, 1.54) is 25.7 Å². The van der Waals surface area contributed by atoms with Crippen LogP contribution in [0.1, 0.15) is 32.6 Å². The number of benzene rings is 2. The highest BCUT2D eigenvalue weighted by atomic mass is 32.2. The van der Waals surface area contributed by atoms with Crippen molar-refractivity contribution in [3.8, 4) is 0 Å². The smallest absolute Gasteiger partial charge is 0.243 e. The first kappa shape index (κ1) is 18.0. The fourth-order valence-electron chi connectivity index (χ4n) is 4.52. The zero-order valence-electron chi connectivity index (χ0n) is 15.5. The summed E-state index contributed by atoms with van der Waals surface area (Å²) in [6.07, 6.45) is 5.17. The van der Waals surface area contributed by atoms with E-state index in [4.69, 9.17) is 0 Å². The quantitative estimate of drug-likeness (QED) is 0.824. The Labute approximate surface area is 156 Å². The molecule has 0 radical (unpaired) electrons. The number of fused-ring (bicyclic) bond motifs is 1. The number of rotatable bonds is 3. The molecule has 2 aromatic carbocycles. The van der Waals surface area contributed by atoms with Crippen molar-refractivity contribution in [1.82, 2.24) is 9.21 Å². The highest BCUT2D eigenvalue weighted by molar-refractivity contribution is 7.89. The van der Waals surface area contributed by atoms with E-state index in [-0.39, 0.29) is 0 Å². The summed E-state index contributed by atoms with van der Waals surface area (Å²) in [5.41, 5.74) is 0. The lowest BCUT2D eigenvalue weighted by molar-refractivity contribution is 0.0967. The summed E-state index contributed by atoms with van der Waals surface area (Å²) in [6, 6.07) is 14.0. The van der Waals surface area contributed by atoms with Crippen LogP contribution in [0.3, 0.4) is 0 Å². The lowest BCUT2D eigenvalue weighted by atomic mass is 9.86. The predicted octanol–water partition coefficient (Wildman–Crippen LogP) is 3.72. The summed E-state index contributed by atoms with van der Waals surface area (Å²) in [5.74, 6) is 0.799. The molecule has 1 heterocycles. The number of sulfonamides is 1. The molecule has 1 aliphatic heterocycles. The molecule has 140 valence electrons. The molecule has 4 nitrogen and oxygen atoms in total. The van der Waals surface area contributed by atoms with Crippen LogP contribution in [0.15, 0.2) is 47.4 Å². The molecule has 0 bridgehead atoms. The fraction of sp³-hybridized carbons (Fsp3) is 0.524. The van der Waals surface area contributed by atoms with Gasteiger partial charge in [-0.1, -0.05) is 50.1 Å². The van der Waals surface area contributed by atoms with E-state index in [1.807, 2.05) is 30.3 Å². The Morgan fingerprint density at radius 2 is 1.65 bits per heavy atom. The molecule has 2 aliphatic rings. The first-order valence-corrected chi connectivity index (χ1v) is 11.2. The third kappa shape index (κ3) is 3.53. The highest BCUT2D eigenvalue weighted by Crippen LogP contribution is 2.29. The molecule has 0 unspecified atom stereocenters. The molecule has 0 amide bonds. The van der Waals surface area contributed by atoms with Gasteiger partial charge in [0.05, 0.1) is 4.90 Å². The Morgan fingerprint density at radius 3 is 2.38 bits per heavy atom. The van der Waals surface area contributed by atoms with E-state index in [0.29, 0.717) is 24.0 Å². The van der Waals surface area contributed by atoms with Gasteiger partial charge in [0.15, 0.2) is 0 Å². The van der Waals surface area contributed by atoms with Gasteiger partial charge in [0, 0.05) is 32.2 Å². The third-order valence-corrected chi connectivity index (χ3v) is 7.95. The van der Waals surface area contributed by atoms with Gasteiger partial charge in [0.2, 0.25) is 10.0 Å². The molecule has 2 aromatic rings. The molecule has 1 saturated carbocycles. The van der Waals surface area contributed by atoms with Crippen molar-refractivity contribution in [3.05, 3.63) is 42.5 Å². The van der Waals surface area contributed by atoms with Crippen LogP contribution in [0, 0.1) is 5.92 Å². The van der Waals surface area contributed by atoms with Gasteiger partial charge in [0.1, 0.15) is 0 Å². The van der Waals surface area contributed by atoms with Crippen LogP contribution in [-0.4, -0.2) is 49.8 Å². The molecule has 0 spiro atoms. The topological polar surface area (TPSA) is 40.6 Å². The lowest BCUT2D eigenvalue weighted by Gasteiger charge is -2.41. The Morgan fingerprint density at radius 1 is 0.923 bits per heavy atom. The monoisotopic (exact) mass is 372 g/mol. The van der Waals surface area contributed by atoms with E-state index in [0.717, 1.165) is 29.8 Å². The van der Waals surface area contributed by atoms with E-state index >= 15 is 0 Å². The van der Waals surface area contributed by atoms with Gasteiger partial charge < -0.3 is 0 Å². The second-order valence-corrected chi connectivity index (χ2v) is 9.81. The molecule has 1 saturated heterocycles. The van der Waals surface area contributed by atoms with Crippen LogP contribution in [0.2, 0.25) is 0 Å². The molecule has 2 atom stereocenters. The zero-order valence-corrected chi connectivity index (χ0v) is 16.3. The van der Waals surface area contributed by atoms with Crippen molar-refractivity contribution in [1.29, 1.82) is 0 Å². The number of nitrogens with zero attached hydrogens (tertiary/aromatic N) is 2. The summed E-state index contributed by atoms with van der Waals surface area (Å²) in [7, 11) is -3.41. The van der Waals surface area contributed by atoms with Crippen molar-refractivity contribution in [2.75, 3.05) is 26.2 Å². The average Bonchev–Trinajstić information content (AvgIpc) is 2.67. The number of hydrogen-bond donors (Lipinski definition) is 0. The maximum Gasteiger partial charge on any atom is 0.243 e. The molecule has 1 aliphatic carbocycles. The van der Waals surface area contributed by atoms with Crippen LogP contribution in [0.4, 0.5) is 0 Å². The largest absolute Gasteiger partial charge is 0.298 e. The maximum atomic E-state index is 13.1. The second kappa shape index (κ2) is 7.29. The van der Waals surface area contributed by atoms with Crippen LogP contribution in [0.5, 0.6) is 0 Å². The lowest BCUT2D eigenvalue weighted by Crippen LogP contribution is -2.52. The van der Waals surface area contributed by atoms with Gasteiger partial charge in [-0.15, -0.1) is 0 Å². The minimum atomic E-state index is -3.41. The molecule has 0 N–H and O–H groups in total. The average molecular weight is 373 g/mol. The van der Waals surface area contributed by atoms with Crippen LogP contribution >= 0.6 is 0 Å². The molecule has 26 heavy (non-hydrogen) atoms. The van der Waals surface area contributed by atoms with Crippen molar-refractivity contribution in [3.63, 3.8) is 0 Å². The molecular formula is C21H28N2O2S. The second-order valence-electron chi connectivity index (χ2n) is 7.87. The first-order chi connectivity index (χ1) is 12.5. The van der Waals surface area contributed by atoms with Gasteiger partial charge in [-0.05, 0) is 41.7 Å². The summed E-state index contributed by atoms with van der Waals surface area (Å²) >= 11 is 0. The summed E-state index contributed by atoms with van der Waals surface area (Å²) in [5, 5.41) is 2.05. The molecular weight excluding hydrogens is 344 g/mol. The Bertz CT molecular complexity index is 872. The molecule has 4 rings (SSSR count). The molecule has 2 fully saturated rings. The van der Waals surface area contributed by atoms with Gasteiger partial charge in [-0.25, -0.2) is 8.42 Å². The van der Waals surface area contributed by atoms with Gasteiger partial charge in [0.25, 0.3) is 0 Å². The highest BCUT2D eigenvalue weighted by Gasteiger charge is 2.32. The van der Waals surface area contributed by atoms with E-state index < -0.39 is 10.0 Å². The van der Waals surface area contributed by atoms with Crippen molar-refractivity contribution >= 4 is 20.8 Å². The van der Waals surface area contributed by atoms with Crippen LogP contribution in [0.25, 0.3) is 10.8 Å². The first-order valence-electron chi connectivity index (χ1n) is 9.77. The molecule has 0 aromatic heterocycles. The number of piperazine rings is 1. The third-order valence-electron chi connectivity index (χ3n) is 6.06. The zero-order chi connectivity index (χ0) is 18.1. The van der Waals surface area contributed by atoms with Crippen LogP contribution in [-0.2, 0) is 10.0 Å². The standard InChI is InChI=1S/C21H28N2O2S/c1-17-5-4-8-20(15-17)22-11-13-23(14-12-22)26(24,25)21-10-9-18-6-2-3-7-19(18)16-21/h2-3,6-7,9-10,16-17,20H,4-5,8,11-15H2,1H3/t17-,20+/m1/s1. The Kier molecular flexibility index (Phi) is 5.04.